The number of thioether (sulfide) groups is 1. The topological polar surface area (TPSA) is 71.8 Å². The second-order valence-corrected chi connectivity index (χ2v) is 7.22. The summed E-state index contributed by atoms with van der Waals surface area (Å²) in [6, 6.07) is 15.6. The number of nitrogens with zero attached hydrogens (tertiary/aromatic N) is 3. The molecule has 0 saturated carbocycles. The Morgan fingerprint density at radius 3 is 2.44 bits per heavy atom. The van der Waals surface area contributed by atoms with E-state index in [1.807, 2.05) is 48.0 Å². The number of hydrogen-bond acceptors (Lipinski definition) is 5. The van der Waals surface area contributed by atoms with Crippen LogP contribution < -0.4 is 10.6 Å². The number of nitrogens with one attached hydrogen (secondary N) is 2. The van der Waals surface area contributed by atoms with Crippen LogP contribution in [-0.4, -0.2) is 26.4 Å². The zero-order chi connectivity index (χ0) is 19.2. The maximum atomic E-state index is 12.1. The lowest BCUT2D eigenvalue weighted by molar-refractivity contribution is -0.113. The first kappa shape index (κ1) is 19.0. The van der Waals surface area contributed by atoms with Gasteiger partial charge in [-0.25, -0.2) is 0 Å². The van der Waals surface area contributed by atoms with Gasteiger partial charge in [-0.1, -0.05) is 48.2 Å². The van der Waals surface area contributed by atoms with Crippen molar-refractivity contribution in [3.8, 4) is 0 Å². The van der Waals surface area contributed by atoms with E-state index in [9.17, 15) is 4.79 Å². The average molecular weight is 382 g/mol. The first-order valence-corrected chi connectivity index (χ1v) is 9.69. The van der Waals surface area contributed by atoms with Crippen LogP contribution in [0.1, 0.15) is 17.0 Å². The first-order chi connectivity index (χ1) is 13.0. The van der Waals surface area contributed by atoms with Crippen molar-refractivity contribution in [1.82, 2.24) is 14.8 Å². The highest BCUT2D eigenvalue weighted by Gasteiger charge is 2.12. The van der Waals surface area contributed by atoms with Gasteiger partial charge in [-0.2, -0.15) is 0 Å². The Morgan fingerprint density at radius 2 is 1.74 bits per heavy atom. The fraction of sp³-hybridized carbons (Fsp3) is 0.250. The molecule has 0 bridgehead atoms. The van der Waals surface area contributed by atoms with E-state index in [4.69, 9.17) is 0 Å². The Balaban J connectivity index is 1.56. The third-order valence-electron chi connectivity index (χ3n) is 4.22. The molecular weight excluding hydrogens is 358 g/mol. The Hall–Kier alpha value is -2.80. The molecule has 0 unspecified atom stereocenters. The summed E-state index contributed by atoms with van der Waals surface area (Å²) in [5.74, 6) is 1.04. The highest BCUT2D eigenvalue weighted by Crippen LogP contribution is 2.21. The molecule has 6 nitrogen and oxygen atoms in total. The van der Waals surface area contributed by atoms with E-state index in [1.165, 1.54) is 22.9 Å². The number of carbonyl (C=O) groups excluding carboxylic acids is 1. The number of carbonyl (C=O) groups is 1. The zero-order valence-corrected chi connectivity index (χ0v) is 16.5. The fourth-order valence-corrected chi connectivity index (χ4v) is 3.46. The summed E-state index contributed by atoms with van der Waals surface area (Å²) in [5, 5.41) is 15.5. The van der Waals surface area contributed by atoms with Gasteiger partial charge in [0.1, 0.15) is 0 Å². The number of hydrogen-bond donors (Lipinski definition) is 2. The van der Waals surface area contributed by atoms with E-state index < -0.39 is 0 Å². The van der Waals surface area contributed by atoms with E-state index >= 15 is 0 Å². The molecular formula is C20H23N5OS. The summed E-state index contributed by atoms with van der Waals surface area (Å²) >= 11 is 1.37. The summed E-state index contributed by atoms with van der Waals surface area (Å²) in [5.41, 5.74) is 4.31. The number of aromatic nitrogens is 3. The van der Waals surface area contributed by atoms with Crippen molar-refractivity contribution < 1.29 is 4.79 Å². The van der Waals surface area contributed by atoms with Gasteiger partial charge in [0.2, 0.25) is 5.91 Å². The summed E-state index contributed by atoms with van der Waals surface area (Å²) in [4.78, 5) is 12.1. The number of rotatable bonds is 7. The smallest absolute Gasteiger partial charge is 0.234 e. The minimum atomic E-state index is -0.0654. The lowest BCUT2D eigenvalue weighted by Crippen LogP contribution is -2.14. The molecule has 140 valence electrons. The number of benzene rings is 2. The van der Waals surface area contributed by atoms with Crippen molar-refractivity contribution in [1.29, 1.82) is 0 Å². The third kappa shape index (κ3) is 4.89. The molecule has 1 heterocycles. The summed E-state index contributed by atoms with van der Waals surface area (Å²) < 4.78 is 1.92. The van der Waals surface area contributed by atoms with Crippen molar-refractivity contribution in [2.45, 2.75) is 25.5 Å². The molecule has 2 N–H and O–H groups in total. The predicted octanol–water partition coefficient (Wildman–Crippen LogP) is 3.77. The summed E-state index contributed by atoms with van der Waals surface area (Å²) in [7, 11) is 1.92. The van der Waals surface area contributed by atoms with Gasteiger partial charge in [-0.15, -0.1) is 10.2 Å². The van der Waals surface area contributed by atoms with Crippen LogP contribution in [0.3, 0.4) is 0 Å². The van der Waals surface area contributed by atoms with Crippen molar-refractivity contribution in [2.24, 2.45) is 7.05 Å². The number of anilines is 2. The Labute approximate surface area is 163 Å². The number of amides is 1. The molecule has 1 aromatic heterocycles. The molecule has 2 aromatic carbocycles. The van der Waals surface area contributed by atoms with Crippen LogP contribution in [0.15, 0.2) is 53.7 Å². The third-order valence-corrected chi connectivity index (χ3v) is 5.24. The van der Waals surface area contributed by atoms with Gasteiger partial charge >= 0.3 is 0 Å². The maximum absolute atomic E-state index is 12.1. The van der Waals surface area contributed by atoms with Crippen molar-refractivity contribution in [2.75, 3.05) is 16.4 Å². The van der Waals surface area contributed by atoms with Gasteiger partial charge < -0.3 is 15.2 Å². The van der Waals surface area contributed by atoms with Crippen LogP contribution in [0.5, 0.6) is 0 Å². The van der Waals surface area contributed by atoms with Crippen LogP contribution in [0.2, 0.25) is 0 Å². The maximum Gasteiger partial charge on any atom is 0.234 e. The minimum Gasteiger partial charge on any atom is -0.377 e. The molecule has 0 fully saturated rings. The molecule has 3 aromatic rings. The Morgan fingerprint density at radius 1 is 1.04 bits per heavy atom. The Bertz CT molecular complexity index is 903. The van der Waals surface area contributed by atoms with Crippen LogP contribution in [0.25, 0.3) is 0 Å². The van der Waals surface area contributed by atoms with E-state index in [-0.39, 0.29) is 11.7 Å². The van der Waals surface area contributed by atoms with Gasteiger partial charge in [-0.3, -0.25) is 4.79 Å². The molecule has 0 radical (unpaired) electrons. The number of para-hydroxylation sites is 2. The molecule has 0 spiro atoms. The van der Waals surface area contributed by atoms with Gasteiger partial charge in [0.05, 0.1) is 12.3 Å². The van der Waals surface area contributed by atoms with Crippen LogP contribution in [-0.2, 0) is 18.4 Å². The largest absolute Gasteiger partial charge is 0.377 e. The molecule has 0 aliphatic heterocycles. The molecule has 7 heteroatoms. The monoisotopic (exact) mass is 381 g/mol. The lowest BCUT2D eigenvalue weighted by atomic mass is 10.1. The van der Waals surface area contributed by atoms with E-state index in [0.29, 0.717) is 6.54 Å². The van der Waals surface area contributed by atoms with Crippen molar-refractivity contribution in [3.63, 3.8) is 0 Å². The second kappa shape index (κ2) is 8.73. The highest BCUT2D eigenvalue weighted by atomic mass is 32.2. The van der Waals surface area contributed by atoms with Gasteiger partial charge in [0.15, 0.2) is 11.0 Å². The van der Waals surface area contributed by atoms with Gasteiger partial charge in [-0.05, 0) is 37.1 Å². The standard InChI is InChI=1S/C20H23N5OS/c1-14-8-7-9-15(2)19(14)21-12-17-23-24-20(25(17)3)27-13-18(26)22-16-10-5-4-6-11-16/h4-11,21H,12-13H2,1-3H3,(H,22,26). The van der Waals surface area contributed by atoms with Crippen LogP contribution in [0.4, 0.5) is 11.4 Å². The molecule has 0 atom stereocenters. The average Bonchev–Trinajstić information content (AvgIpc) is 3.00. The predicted molar refractivity (Wildman–Crippen MR) is 110 cm³/mol. The molecule has 0 aliphatic rings. The minimum absolute atomic E-state index is 0.0654. The SMILES string of the molecule is Cc1cccc(C)c1NCc1nnc(SCC(=O)Nc2ccccc2)n1C. The lowest BCUT2D eigenvalue weighted by Gasteiger charge is -2.12. The molecule has 3 rings (SSSR count). The number of aryl methyl sites for hydroxylation is 2. The van der Waals surface area contributed by atoms with E-state index in [0.717, 1.165) is 22.4 Å². The second-order valence-electron chi connectivity index (χ2n) is 6.28. The quantitative estimate of drug-likeness (QED) is 0.610. The zero-order valence-electron chi connectivity index (χ0n) is 15.7. The first-order valence-electron chi connectivity index (χ1n) is 8.70. The fourth-order valence-electron chi connectivity index (χ4n) is 2.73. The molecule has 1 amide bonds. The highest BCUT2D eigenvalue weighted by molar-refractivity contribution is 7.99. The normalized spacial score (nSPS) is 10.6. The van der Waals surface area contributed by atoms with Gasteiger partial charge in [0, 0.05) is 18.4 Å². The van der Waals surface area contributed by atoms with Gasteiger partial charge in [0.25, 0.3) is 0 Å². The van der Waals surface area contributed by atoms with Crippen LogP contribution in [0, 0.1) is 13.8 Å². The molecule has 0 saturated heterocycles. The van der Waals surface area contributed by atoms with Crippen molar-refractivity contribution >= 4 is 29.0 Å². The molecule has 27 heavy (non-hydrogen) atoms. The Kier molecular flexibility index (Phi) is 6.13. The summed E-state index contributed by atoms with van der Waals surface area (Å²) in [6.07, 6.45) is 0. The molecule has 0 aliphatic carbocycles. The van der Waals surface area contributed by atoms with E-state index in [1.54, 1.807) is 0 Å². The van der Waals surface area contributed by atoms with E-state index in [2.05, 4.69) is 46.8 Å². The summed E-state index contributed by atoms with van der Waals surface area (Å²) in [6.45, 7) is 4.74. The van der Waals surface area contributed by atoms with Crippen molar-refractivity contribution in [3.05, 3.63) is 65.5 Å². The van der Waals surface area contributed by atoms with Crippen LogP contribution >= 0.6 is 11.8 Å².